The predicted octanol–water partition coefficient (Wildman–Crippen LogP) is 2.52. The van der Waals surface area contributed by atoms with Gasteiger partial charge in [0.1, 0.15) is 5.82 Å². The first kappa shape index (κ1) is 11.5. The maximum absolute atomic E-state index is 13.5. The molecule has 0 aromatic heterocycles. The summed E-state index contributed by atoms with van der Waals surface area (Å²) in [6.07, 6.45) is 0. The summed E-state index contributed by atoms with van der Waals surface area (Å²) in [5.74, 6) is -0.825. The zero-order chi connectivity index (χ0) is 12.3. The summed E-state index contributed by atoms with van der Waals surface area (Å²) in [6.45, 7) is 0.360. The highest BCUT2D eigenvalue weighted by Crippen LogP contribution is 2.14. The molecule has 2 nitrogen and oxygen atoms in total. The molecule has 2 rings (SSSR count). The Kier molecular flexibility index (Phi) is 3.30. The lowest BCUT2D eigenvalue weighted by Gasteiger charge is -2.04. The summed E-state index contributed by atoms with van der Waals surface area (Å²) in [6, 6.07) is 12.9. The van der Waals surface area contributed by atoms with Gasteiger partial charge in [0.25, 0.3) is 0 Å². The van der Waals surface area contributed by atoms with E-state index in [1.54, 1.807) is 30.3 Å². The van der Waals surface area contributed by atoms with Crippen LogP contribution in [0.15, 0.2) is 48.5 Å². The Morgan fingerprint density at radius 2 is 1.88 bits per heavy atom. The summed E-state index contributed by atoms with van der Waals surface area (Å²) >= 11 is 0. The average Bonchev–Trinajstić information content (AvgIpc) is 2.38. The molecular weight excluding hydrogens is 217 g/mol. The molecule has 2 aromatic rings. The Morgan fingerprint density at radius 3 is 2.59 bits per heavy atom. The van der Waals surface area contributed by atoms with Crippen LogP contribution in [-0.2, 0) is 6.54 Å². The SMILES string of the molecule is NCc1cccc(C(=O)c2ccccc2F)c1. The molecule has 2 aromatic carbocycles. The van der Waals surface area contributed by atoms with Gasteiger partial charge in [-0.1, -0.05) is 30.3 Å². The minimum atomic E-state index is -0.504. The number of benzene rings is 2. The van der Waals surface area contributed by atoms with Gasteiger partial charge in [0.05, 0.1) is 5.56 Å². The number of ketones is 1. The number of halogens is 1. The van der Waals surface area contributed by atoms with Crippen molar-refractivity contribution in [3.8, 4) is 0 Å². The van der Waals surface area contributed by atoms with E-state index in [0.29, 0.717) is 12.1 Å². The molecule has 3 heteroatoms. The lowest BCUT2D eigenvalue weighted by Crippen LogP contribution is -2.05. The van der Waals surface area contributed by atoms with Crippen LogP contribution in [0.2, 0.25) is 0 Å². The van der Waals surface area contributed by atoms with Crippen molar-refractivity contribution < 1.29 is 9.18 Å². The van der Waals surface area contributed by atoms with Gasteiger partial charge in [-0.3, -0.25) is 4.79 Å². The van der Waals surface area contributed by atoms with E-state index >= 15 is 0 Å². The van der Waals surface area contributed by atoms with Gasteiger partial charge in [-0.25, -0.2) is 4.39 Å². The van der Waals surface area contributed by atoms with Crippen molar-refractivity contribution in [3.05, 3.63) is 71.0 Å². The van der Waals surface area contributed by atoms with E-state index in [0.717, 1.165) is 5.56 Å². The molecule has 0 aliphatic rings. The Bertz CT molecular complexity index is 551. The van der Waals surface area contributed by atoms with E-state index in [1.807, 2.05) is 6.07 Å². The van der Waals surface area contributed by atoms with Crippen molar-refractivity contribution in [2.24, 2.45) is 5.73 Å². The highest BCUT2D eigenvalue weighted by atomic mass is 19.1. The highest BCUT2D eigenvalue weighted by molar-refractivity contribution is 6.09. The predicted molar refractivity (Wildman–Crippen MR) is 64.2 cm³/mol. The van der Waals surface area contributed by atoms with Crippen molar-refractivity contribution in [3.63, 3.8) is 0 Å². The maximum Gasteiger partial charge on any atom is 0.195 e. The number of hydrogen-bond donors (Lipinski definition) is 1. The molecule has 0 unspecified atom stereocenters. The molecule has 0 aliphatic heterocycles. The van der Waals surface area contributed by atoms with Crippen LogP contribution in [0, 0.1) is 5.82 Å². The fourth-order valence-corrected chi connectivity index (χ4v) is 1.64. The second-order valence-electron chi connectivity index (χ2n) is 3.71. The zero-order valence-electron chi connectivity index (χ0n) is 9.19. The van der Waals surface area contributed by atoms with Gasteiger partial charge in [-0.05, 0) is 23.8 Å². The second-order valence-corrected chi connectivity index (χ2v) is 3.71. The van der Waals surface area contributed by atoms with Crippen molar-refractivity contribution in [2.75, 3.05) is 0 Å². The third-order valence-electron chi connectivity index (χ3n) is 2.54. The minimum absolute atomic E-state index is 0.0849. The summed E-state index contributed by atoms with van der Waals surface area (Å²) < 4.78 is 13.5. The van der Waals surface area contributed by atoms with E-state index in [2.05, 4.69) is 0 Å². The van der Waals surface area contributed by atoms with Gasteiger partial charge < -0.3 is 5.73 Å². The normalized spacial score (nSPS) is 10.2. The molecule has 0 saturated carbocycles. The number of nitrogens with two attached hydrogens (primary N) is 1. The molecular formula is C14H12FNO. The van der Waals surface area contributed by atoms with Crippen molar-refractivity contribution >= 4 is 5.78 Å². The molecule has 0 bridgehead atoms. The number of carbonyl (C=O) groups is 1. The monoisotopic (exact) mass is 229 g/mol. The Morgan fingerprint density at radius 1 is 1.12 bits per heavy atom. The highest BCUT2D eigenvalue weighted by Gasteiger charge is 2.13. The van der Waals surface area contributed by atoms with Crippen molar-refractivity contribution in [1.82, 2.24) is 0 Å². The third kappa shape index (κ3) is 2.40. The quantitative estimate of drug-likeness (QED) is 0.822. The first-order valence-corrected chi connectivity index (χ1v) is 5.30. The fraction of sp³-hybridized carbons (Fsp3) is 0.0714. The van der Waals surface area contributed by atoms with Crippen LogP contribution in [0.3, 0.4) is 0 Å². The summed E-state index contributed by atoms with van der Waals surface area (Å²) in [4.78, 5) is 12.1. The molecule has 0 heterocycles. The molecule has 0 atom stereocenters. The standard InChI is InChI=1S/C14H12FNO/c15-13-7-2-1-6-12(13)14(17)11-5-3-4-10(8-11)9-16/h1-8H,9,16H2. The first-order valence-electron chi connectivity index (χ1n) is 5.30. The lowest BCUT2D eigenvalue weighted by molar-refractivity contribution is 0.103. The van der Waals surface area contributed by atoms with E-state index in [4.69, 9.17) is 5.73 Å². The molecule has 0 amide bonds. The topological polar surface area (TPSA) is 43.1 Å². The molecule has 17 heavy (non-hydrogen) atoms. The fourth-order valence-electron chi connectivity index (χ4n) is 1.64. The molecule has 0 aliphatic carbocycles. The van der Waals surface area contributed by atoms with Gasteiger partial charge in [0.2, 0.25) is 0 Å². The van der Waals surface area contributed by atoms with Crippen LogP contribution in [0.25, 0.3) is 0 Å². The molecule has 0 radical (unpaired) electrons. The van der Waals surface area contributed by atoms with Crippen molar-refractivity contribution in [2.45, 2.75) is 6.54 Å². The van der Waals surface area contributed by atoms with Crippen LogP contribution in [-0.4, -0.2) is 5.78 Å². The molecule has 0 saturated heterocycles. The van der Waals surface area contributed by atoms with E-state index in [9.17, 15) is 9.18 Å². The Balaban J connectivity index is 2.40. The summed E-state index contributed by atoms with van der Waals surface area (Å²) in [5, 5.41) is 0. The van der Waals surface area contributed by atoms with E-state index < -0.39 is 5.82 Å². The van der Waals surface area contributed by atoms with Crippen LogP contribution >= 0.6 is 0 Å². The summed E-state index contributed by atoms with van der Waals surface area (Å²) in [7, 11) is 0. The van der Waals surface area contributed by atoms with Crippen LogP contribution in [0.1, 0.15) is 21.5 Å². The molecule has 0 fully saturated rings. The number of hydrogen-bond acceptors (Lipinski definition) is 2. The molecule has 86 valence electrons. The van der Waals surface area contributed by atoms with Crippen LogP contribution in [0.5, 0.6) is 0 Å². The lowest BCUT2D eigenvalue weighted by atomic mass is 10.0. The van der Waals surface area contributed by atoms with Gasteiger partial charge in [0.15, 0.2) is 5.78 Å². The van der Waals surface area contributed by atoms with Crippen LogP contribution in [0.4, 0.5) is 4.39 Å². The maximum atomic E-state index is 13.5. The van der Waals surface area contributed by atoms with Gasteiger partial charge in [-0.15, -0.1) is 0 Å². The average molecular weight is 229 g/mol. The smallest absolute Gasteiger partial charge is 0.195 e. The van der Waals surface area contributed by atoms with Crippen LogP contribution < -0.4 is 5.73 Å². The minimum Gasteiger partial charge on any atom is -0.326 e. The van der Waals surface area contributed by atoms with Gasteiger partial charge in [0, 0.05) is 12.1 Å². The van der Waals surface area contributed by atoms with Crippen molar-refractivity contribution in [1.29, 1.82) is 0 Å². The largest absolute Gasteiger partial charge is 0.326 e. The molecule has 0 spiro atoms. The van der Waals surface area contributed by atoms with E-state index in [-0.39, 0.29) is 11.3 Å². The summed E-state index contributed by atoms with van der Waals surface area (Å²) in [5.41, 5.74) is 6.90. The number of carbonyl (C=O) groups excluding carboxylic acids is 1. The third-order valence-corrected chi connectivity index (χ3v) is 2.54. The molecule has 2 N–H and O–H groups in total. The van der Waals surface area contributed by atoms with Gasteiger partial charge in [-0.2, -0.15) is 0 Å². The zero-order valence-corrected chi connectivity index (χ0v) is 9.19. The van der Waals surface area contributed by atoms with E-state index in [1.165, 1.54) is 12.1 Å². The Labute approximate surface area is 98.9 Å². The second kappa shape index (κ2) is 4.89. The first-order chi connectivity index (χ1) is 8.22. The number of rotatable bonds is 3. The Hall–Kier alpha value is -2.00. The van der Waals surface area contributed by atoms with Gasteiger partial charge >= 0.3 is 0 Å².